The molecule has 4 heteroatoms. The van der Waals surface area contributed by atoms with Crippen LogP contribution in [-0.2, 0) is 6.54 Å². The maximum Gasteiger partial charge on any atom is 0.151 e. The molecule has 17 heavy (non-hydrogen) atoms. The minimum absolute atomic E-state index is 0.453. The lowest BCUT2D eigenvalue weighted by molar-refractivity contribution is 0.182. The predicted molar refractivity (Wildman–Crippen MR) is 68.7 cm³/mol. The number of hydrogen-bond acceptors (Lipinski definition) is 4. The molecule has 1 saturated carbocycles. The summed E-state index contributed by atoms with van der Waals surface area (Å²) < 4.78 is 0. The van der Waals surface area contributed by atoms with E-state index in [1.165, 1.54) is 24.9 Å². The Morgan fingerprint density at radius 2 is 2.35 bits per heavy atom. The van der Waals surface area contributed by atoms with Gasteiger partial charge in [0.2, 0.25) is 0 Å². The summed E-state index contributed by atoms with van der Waals surface area (Å²) in [5, 5.41) is 3.62. The highest BCUT2D eigenvalue weighted by atomic mass is 15.2. The monoisotopic (exact) mass is 230 g/mol. The van der Waals surface area contributed by atoms with Gasteiger partial charge in [-0.2, -0.15) is 0 Å². The number of aromatic nitrogens is 1. The molecular formula is C13H18N4. The van der Waals surface area contributed by atoms with Gasteiger partial charge in [0.15, 0.2) is 5.82 Å². The lowest BCUT2D eigenvalue weighted by Gasteiger charge is -2.33. The van der Waals surface area contributed by atoms with E-state index in [1.807, 2.05) is 12.3 Å². The molecule has 1 aromatic rings. The third-order valence-electron chi connectivity index (χ3n) is 3.69. The first-order valence-corrected chi connectivity index (χ1v) is 6.19. The first-order valence-electron chi connectivity index (χ1n) is 6.19. The van der Waals surface area contributed by atoms with Crippen molar-refractivity contribution in [1.82, 2.24) is 15.2 Å². The second-order valence-corrected chi connectivity index (χ2v) is 5.10. The Morgan fingerprint density at radius 3 is 3.00 bits per heavy atom. The van der Waals surface area contributed by atoms with E-state index >= 15 is 0 Å². The van der Waals surface area contributed by atoms with Crippen LogP contribution >= 0.6 is 0 Å². The average molecular weight is 230 g/mol. The Kier molecular flexibility index (Phi) is 2.68. The molecule has 0 atom stereocenters. The molecule has 0 radical (unpaired) electrons. The van der Waals surface area contributed by atoms with E-state index in [0.717, 1.165) is 19.6 Å². The summed E-state index contributed by atoms with van der Waals surface area (Å²) in [6, 6.07) is 4.02. The van der Waals surface area contributed by atoms with Crippen molar-refractivity contribution in [1.29, 1.82) is 0 Å². The van der Waals surface area contributed by atoms with Gasteiger partial charge in [-0.15, -0.1) is 0 Å². The number of pyridine rings is 1. The number of aliphatic imine (C=N–C) groups is 1. The summed E-state index contributed by atoms with van der Waals surface area (Å²) in [6.45, 7) is 7.88. The fourth-order valence-electron chi connectivity index (χ4n) is 2.52. The van der Waals surface area contributed by atoms with Crippen LogP contribution in [0.4, 0.5) is 5.82 Å². The molecule has 1 aromatic heterocycles. The van der Waals surface area contributed by atoms with Crippen LogP contribution in [0.25, 0.3) is 0 Å². The summed E-state index contributed by atoms with van der Waals surface area (Å²) in [5.41, 5.74) is 1.71. The minimum Gasteiger partial charge on any atom is -0.309 e. The molecule has 0 bridgehead atoms. The highest BCUT2D eigenvalue weighted by Gasteiger charge is 2.45. The van der Waals surface area contributed by atoms with Crippen molar-refractivity contribution in [3.05, 3.63) is 23.9 Å². The van der Waals surface area contributed by atoms with Crippen LogP contribution in [0.15, 0.2) is 23.3 Å². The van der Waals surface area contributed by atoms with Crippen LogP contribution in [0.2, 0.25) is 0 Å². The quantitative estimate of drug-likeness (QED) is 0.797. The first kappa shape index (κ1) is 10.9. The Balaban J connectivity index is 1.63. The molecule has 1 aliphatic heterocycles. The molecule has 1 spiro atoms. The highest BCUT2D eigenvalue weighted by Crippen LogP contribution is 2.37. The van der Waals surface area contributed by atoms with Crippen LogP contribution in [-0.4, -0.2) is 41.8 Å². The molecular weight excluding hydrogens is 212 g/mol. The molecule has 1 saturated heterocycles. The molecule has 90 valence electrons. The van der Waals surface area contributed by atoms with Gasteiger partial charge in [0.05, 0.1) is 0 Å². The second-order valence-electron chi connectivity index (χ2n) is 5.10. The van der Waals surface area contributed by atoms with Crippen molar-refractivity contribution in [3.63, 3.8) is 0 Å². The number of nitrogens with one attached hydrogen (secondary N) is 1. The van der Waals surface area contributed by atoms with Crippen molar-refractivity contribution in [2.24, 2.45) is 4.99 Å². The van der Waals surface area contributed by atoms with Gasteiger partial charge in [0.1, 0.15) is 0 Å². The van der Waals surface area contributed by atoms with Crippen LogP contribution in [0, 0.1) is 0 Å². The Bertz CT molecular complexity index is 408. The molecule has 0 aromatic carbocycles. The topological polar surface area (TPSA) is 40.5 Å². The Labute approximate surface area is 102 Å². The molecule has 3 rings (SSSR count). The third kappa shape index (κ3) is 2.37. The zero-order chi connectivity index (χ0) is 11.7. The van der Waals surface area contributed by atoms with Gasteiger partial charge in [-0.1, -0.05) is 6.07 Å². The Morgan fingerprint density at radius 1 is 1.47 bits per heavy atom. The van der Waals surface area contributed by atoms with E-state index in [9.17, 15) is 0 Å². The van der Waals surface area contributed by atoms with E-state index in [0.29, 0.717) is 11.4 Å². The fraction of sp³-hybridized carbons (Fsp3) is 0.538. The molecule has 2 heterocycles. The average Bonchev–Trinajstić information content (AvgIpc) is 3.09. The number of piperazine rings is 1. The lowest BCUT2D eigenvalue weighted by Crippen LogP contribution is -2.51. The number of hydrogen-bond donors (Lipinski definition) is 1. The predicted octanol–water partition coefficient (Wildman–Crippen LogP) is 1.35. The fourth-order valence-corrected chi connectivity index (χ4v) is 2.52. The van der Waals surface area contributed by atoms with Gasteiger partial charge < -0.3 is 5.32 Å². The van der Waals surface area contributed by atoms with Gasteiger partial charge in [-0.05, 0) is 31.2 Å². The summed E-state index contributed by atoms with van der Waals surface area (Å²) in [4.78, 5) is 10.6. The normalized spacial score (nSPS) is 22.6. The second kappa shape index (κ2) is 4.20. The van der Waals surface area contributed by atoms with Crippen LogP contribution in [0.5, 0.6) is 0 Å². The molecule has 1 aliphatic carbocycles. The Hall–Kier alpha value is -1.26. The minimum atomic E-state index is 0.453. The molecule has 4 nitrogen and oxygen atoms in total. The maximum absolute atomic E-state index is 4.24. The molecule has 0 amide bonds. The highest BCUT2D eigenvalue weighted by molar-refractivity contribution is 5.39. The molecule has 2 aliphatic rings. The van der Waals surface area contributed by atoms with Crippen molar-refractivity contribution in [2.75, 3.05) is 19.6 Å². The summed E-state index contributed by atoms with van der Waals surface area (Å²) in [6.07, 6.45) is 4.58. The molecule has 1 N–H and O–H groups in total. The van der Waals surface area contributed by atoms with E-state index in [2.05, 4.69) is 33.0 Å². The van der Waals surface area contributed by atoms with Crippen molar-refractivity contribution < 1.29 is 0 Å². The largest absolute Gasteiger partial charge is 0.309 e. The van der Waals surface area contributed by atoms with Gasteiger partial charge >= 0.3 is 0 Å². The number of rotatable bonds is 3. The zero-order valence-electron chi connectivity index (χ0n) is 10.0. The molecule has 2 fully saturated rings. The van der Waals surface area contributed by atoms with Crippen LogP contribution in [0.1, 0.15) is 18.4 Å². The first-order chi connectivity index (χ1) is 8.30. The maximum atomic E-state index is 4.24. The van der Waals surface area contributed by atoms with Gasteiger partial charge in [0.25, 0.3) is 0 Å². The van der Waals surface area contributed by atoms with Gasteiger partial charge in [-0.25, -0.2) is 9.98 Å². The summed E-state index contributed by atoms with van der Waals surface area (Å²) in [5.74, 6) is 0.702. The third-order valence-corrected chi connectivity index (χ3v) is 3.69. The zero-order valence-corrected chi connectivity index (χ0v) is 10.0. The van der Waals surface area contributed by atoms with Crippen molar-refractivity contribution in [2.45, 2.75) is 24.9 Å². The number of nitrogens with zero attached hydrogens (tertiary/aromatic N) is 3. The molecule has 0 unspecified atom stereocenters. The lowest BCUT2D eigenvalue weighted by atomic mass is 10.1. The smallest absolute Gasteiger partial charge is 0.151 e. The van der Waals surface area contributed by atoms with E-state index in [4.69, 9.17) is 0 Å². The SMILES string of the molecule is C=Nc1ccc(CN2CCNC3(CC3)C2)cn1. The summed E-state index contributed by atoms with van der Waals surface area (Å²) in [7, 11) is 0. The van der Waals surface area contributed by atoms with Crippen LogP contribution < -0.4 is 5.32 Å². The standard InChI is InChI=1S/C13H18N4/c1-14-12-3-2-11(8-15-12)9-17-7-6-16-13(10-17)4-5-13/h2-3,8,16H,1,4-7,9-10H2. The van der Waals surface area contributed by atoms with E-state index in [-0.39, 0.29) is 0 Å². The van der Waals surface area contributed by atoms with Crippen molar-refractivity contribution >= 4 is 12.5 Å². The summed E-state index contributed by atoms with van der Waals surface area (Å²) >= 11 is 0. The van der Waals surface area contributed by atoms with Gasteiger partial charge in [0, 0.05) is 37.9 Å². The van der Waals surface area contributed by atoms with Gasteiger partial charge in [-0.3, -0.25) is 4.90 Å². The van der Waals surface area contributed by atoms with E-state index < -0.39 is 0 Å². The van der Waals surface area contributed by atoms with E-state index in [1.54, 1.807) is 0 Å². The van der Waals surface area contributed by atoms with Crippen LogP contribution in [0.3, 0.4) is 0 Å². The van der Waals surface area contributed by atoms with Crippen molar-refractivity contribution in [3.8, 4) is 0 Å².